The first-order valence-corrected chi connectivity index (χ1v) is 9.20. The summed E-state index contributed by atoms with van der Waals surface area (Å²) in [5.41, 5.74) is 0.373. The van der Waals surface area contributed by atoms with Crippen LogP contribution in [0.3, 0.4) is 0 Å². The van der Waals surface area contributed by atoms with Gasteiger partial charge in [0.15, 0.2) is 11.5 Å². The van der Waals surface area contributed by atoms with Gasteiger partial charge < -0.3 is 20.1 Å². The van der Waals surface area contributed by atoms with Crippen molar-refractivity contribution in [3.05, 3.63) is 22.7 Å². The smallest absolute Gasteiger partial charge is 0.251 e. The van der Waals surface area contributed by atoms with Crippen molar-refractivity contribution in [3.63, 3.8) is 0 Å². The predicted octanol–water partition coefficient (Wildman–Crippen LogP) is 3.28. The summed E-state index contributed by atoms with van der Waals surface area (Å²) in [6.07, 6.45) is 0.893. The normalized spacial score (nSPS) is 10.8. The number of hydrogen-bond acceptors (Lipinski definition) is 4. The van der Waals surface area contributed by atoms with E-state index in [1.54, 1.807) is 12.1 Å². The molecule has 0 unspecified atom stereocenters. The molecule has 1 rings (SSSR count). The maximum Gasteiger partial charge on any atom is 0.251 e. The van der Waals surface area contributed by atoms with Gasteiger partial charge in [0, 0.05) is 24.6 Å². The Bertz CT molecular complexity index is 618. The molecule has 7 heteroatoms. The number of ether oxygens (including phenoxy) is 2. The van der Waals surface area contributed by atoms with Crippen LogP contribution in [0.15, 0.2) is 12.1 Å². The summed E-state index contributed by atoms with van der Waals surface area (Å²) in [5, 5.41) is 5.81. The van der Waals surface area contributed by atoms with Crippen LogP contribution in [0.5, 0.6) is 11.5 Å². The molecule has 146 valence electrons. The lowest BCUT2D eigenvalue weighted by atomic mass is 10.1. The van der Waals surface area contributed by atoms with Gasteiger partial charge in [-0.2, -0.15) is 0 Å². The second kappa shape index (κ2) is 10.9. The van der Waals surface area contributed by atoms with E-state index in [0.717, 1.165) is 6.42 Å². The molecule has 0 saturated heterocycles. The summed E-state index contributed by atoms with van der Waals surface area (Å²) in [7, 11) is 1.50. The van der Waals surface area contributed by atoms with Gasteiger partial charge in [-0.15, -0.1) is 0 Å². The number of carbonyl (C=O) groups is 2. The quantitative estimate of drug-likeness (QED) is 0.607. The minimum atomic E-state index is -0.294. The lowest BCUT2D eigenvalue weighted by molar-refractivity contribution is -0.123. The Balaban J connectivity index is 2.67. The van der Waals surface area contributed by atoms with E-state index in [4.69, 9.17) is 21.1 Å². The molecule has 6 nitrogen and oxygen atoms in total. The van der Waals surface area contributed by atoms with Crippen molar-refractivity contribution in [1.29, 1.82) is 0 Å². The fourth-order valence-electron chi connectivity index (χ4n) is 2.06. The zero-order valence-corrected chi connectivity index (χ0v) is 16.9. The van der Waals surface area contributed by atoms with Crippen LogP contribution < -0.4 is 20.1 Å². The molecule has 0 bridgehead atoms. The number of amides is 2. The highest BCUT2D eigenvalue weighted by Crippen LogP contribution is 2.36. The number of benzene rings is 1. The molecular formula is C19H29ClN2O4. The van der Waals surface area contributed by atoms with Crippen LogP contribution in [0, 0.1) is 11.8 Å². The first kappa shape index (κ1) is 22.1. The largest absolute Gasteiger partial charge is 0.493 e. The highest BCUT2D eigenvalue weighted by atomic mass is 35.5. The number of hydrogen-bond donors (Lipinski definition) is 2. The van der Waals surface area contributed by atoms with Crippen LogP contribution in [0.1, 0.15) is 44.5 Å². The van der Waals surface area contributed by atoms with Crippen LogP contribution in [-0.2, 0) is 4.79 Å². The lowest BCUT2D eigenvalue weighted by Crippen LogP contribution is -2.36. The third kappa shape index (κ3) is 7.12. The monoisotopic (exact) mass is 384 g/mol. The summed E-state index contributed by atoms with van der Waals surface area (Å²) in [4.78, 5) is 23.8. The van der Waals surface area contributed by atoms with Crippen LogP contribution in [0.4, 0.5) is 0 Å². The van der Waals surface area contributed by atoms with E-state index >= 15 is 0 Å². The molecule has 0 atom stereocenters. The molecule has 0 aromatic heterocycles. The molecule has 0 radical (unpaired) electrons. The topological polar surface area (TPSA) is 76.7 Å². The van der Waals surface area contributed by atoms with Crippen molar-refractivity contribution in [3.8, 4) is 11.5 Å². The molecule has 26 heavy (non-hydrogen) atoms. The average molecular weight is 385 g/mol. The number of nitrogens with one attached hydrogen (secondary N) is 2. The summed E-state index contributed by atoms with van der Waals surface area (Å²) in [5.74, 6) is 0.942. The Hall–Kier alpha value is -1.95. The minimum absolute atomic E-state index is 0.0492. The summed E-state index contributed by atoms with van der Waals surface area (Å²) < 4.78 is 11.0. The Labute approximate surface area is 160 Å². The molecule has 0 spiro atoms. The maximum atomic E-state index is 12.3. The number of rotatable bonds is 10. The van der Waals surface area contributed by atoms with Crippen molar-refractivity contribution in [2.45, 2.75) is 34.1 Å². The third-order valence-electron chi connectivity index (χ3n) is 3.67. The Morgan fingerprint density at radius 2 is 1.77 bits per heavy atom. The molecule has 0 heterocycles. The van der Waals surface area contributed by atoms with Crippen LogP contribution >= 0.6 is 11.6 Å². The lowest BCUT2D eigenvalue weighted by Gasteiger charge is -2.15. The fourth-order valence-corrected chi connectivity index (χ4v) is 2.32. The van der Waals surface area contributed by atoms with Gasteiger partial charge >= 0.3 is 0 Å². The SMILES string of the molecule is COc1cc(C(=O)NCCNC(=O)C(C)C)cc(Cl)c1OCCC(C)C. The Morgan fingerprint density at radius 1 is 1.12 bits per heavy atom. The zero-order chi connectivity index (χ0) is 19.7. The van der Waals surface area contributed by atoms with Gasteiger partial charge in [-0.1, -0.05) is 39.3 Å². The van der Waals surface area contributed by atoms with Crippen LogP contribution in [-0.4, -0.2) is 38.6 Å². The van der Waals surface area contributed by atoms with Gasteiger partial charge in [0.25, 0.3) is 5.91 Å². The third-order valence-corrected chi connectivity index (χ3v) is 3.95. The summed E-state index contributed by atoms with van der Waals surface area (Å²) >= 11 is 6.27. The van der Waals surface area contributed by atoms with E-state index in [1.807, 2.05) is 13.8 Å². The van der Waals surface area contributed by atoms with E-state index in [9.17, 15) is 9.59 Å². The van der Waals surface area contributed by atoms with Crippen molar-refractivity contribution < 1.29 is 19.1 Å². The Morgan fingerprint density at radius 3 is 2.35 bits per heavy atom. The molecule has 0 aliphatic heterocycles. The molecular weight excluding hydrogens is 356 g/mol. The van der Waals surface area contributed by atoms with Gasteiger partial charge in [0.2, 0.25) is 5.91 Å². The fraction of sp³-hybridized carbons (Fsp3) is 0.579. The van der Waals surface area contributed by atoms with Crippen molar-refractivity contribution in [1.82, 2.24) is 10.6 Å². The average Bonchev–Trinajstić information content (AvgIpc) is 2.58. The maximum absolute atomic E-state index is 12.3. The molecule has 0 saturated carbocycles. The van der Waals surface area contributed by atoms with E-state index in [2.05, 4.69) is 24.5 Å². The zero-order valence-electron chi connectivity index (χ0n) is 16.1. The number of methoxy groups -OCH3 is 1. The summed E-state index contributed by atoms with van der Waals surface area (Å²) in [6, 6.07) is 3.15. The number of halogens is 1. The molecule has 2 amide bonds. The highest BCUT2D eigenvalue weighted by Gasteiger charge is 2.16. The molecule has 2 N–H and O–H groups in total. The first-order chi connectivity index (χ1) is 12.3. The van der Waals surface area contributed by atoms with Crippen LogP contribution in [0.2, 0.25) is 5.02 Å². The molecule has 1 aromatic rings. The van der Waals surface area contributed by atoms with Gasteiger partial charge in [-0.3, -0.25) is 9.59 Å². The summed E-state index contributed by atoms with van der Waals surface area (Å²) in [6.45, 7) is 9.06. The highest BCUT2D eigenvalue weighted by molar-refractivity contribution is 6.32. The van der Waals surface area contributed by atoms with Crippen LogP contribution in [0.25, 0.3) is 0 Å². The van der Waals surface area contributed by atoms with Crippen molar-refractivity contribution >= 4 is 23.4 Å². The van der Waals surface area contributed by atoms with E-state index in [1.165, 1.54) is 7.11 Å². The van der Waals surface area contributed by atoms with Gasteiger partial charge in [0.05, 0.1) is 18.7 Å². The standard InChI is InChI=1S/C19H29ClN2O4/c1-12(2)6-9-26-17-15(20)10-14(11-16(17)25-5)19(24)22-8-7-21-18(23)13(3)4/h10-13H,6-9H2,1-5H3,(H,21,23)(H,22,24). The minimum Gasteiger partial charge on any atom is -0.493 e. The molecule has 0 aliphatic carbocycles. The van der Waals surface area contributed by atoms with Crippen molar-refractivity contribution in [2.24, 2.45) is 11.8 Å². The number of carbonyl (C=O) groups excluding carboxylic acids is 2. The molecule has 0 aliphatic rings. The van der Waals surface area contributed by atoms with E-state index in [0.29, 0.717) is 47.7 Å². The van der Waals surface area contributed by atoms with Gasteiger partial charge in [-0.05, 0) is 24.5 Å². The first-order valence-electron chi connectivity index (χ1n) is 8.82. The molecule has 1 aromatic carbocycles. The second-order valence-corrected chi connectivity index (χ2v) is 7.13. The van der Waals surface area contributed by atoms with E-state index in [-0.39, 0.29) is 17.7 Å². The van der Waals surface area contributed by atoms with Gasteiger partial charge in [0.1, 0.15) is 0 Å². The van der Waals surface area contributed by atoms with E-state index < -0.39 is 0 Å². The van der Waals surface area contributed by atoms with Crippen molar-refractivity contribution in [2.75, 3.05) is 26.8 Å². The predicted molar refractivity (Wildman–Crippen MR) is 103 cm³/mol. The van der Waals surface area contributed by atoms with Gasteiger partial charge in [-0.25, -0.2) is 0 Å². The Kier molecular flexibility index (Phi) is 9.27. The molecule has 0 fully saturated rings. The second-order valence-electron chi connectivity index (χ2n) is 6.72.